The Morgan fingerprint density at radius 1 is 0.857 bits per heavy atom. The first-order valence-electron chi connectivity index (χ1n) is 10.4. The Labute approximate surface area is 214 Å². The second kappa shape index (κ2) is 9.16. The van der Waals surface area contributed by atoms with Gasteiger partial charge in [0.25, 0.3) is 11.8 Å². The lowest BCUT2D eigenvalue weighted by molar-refractivity contribution is -0.131. The highest BCUT2D eigenvalue weighted by atomic mass is 79.9. The van der Waals surface area contributed by atoms with E-state index >= 15 is 0 Å². The number of carbonyl (C=O) groups is 5. The Kier molecular flexibility index (Phi) is 6.39. The number of hydrogen-bond donors (Lipinski definition) is 2. The molecule has 178 valence electrons. The molecule has 4 rings (SSSR count). The third-order valence-electron chi connectivity index (χ3n) is 5.79. The maximum atomic E-state index is 13.3. The van der Waals surface area contributed by atoms with Crippen molar-refractivity contribution in [3.8, 4) is 0 Å². The van der Waals surface area contributed by atoms with E-state index < -0.39 is 41.2 Å². The van der Waals surface area contributed by atoms with E-state index in [1.54, 1.807) is 31.2 Å². The highest BCUT2D eigenvalue weighted by Crippen LogP contribution is 2.28. The summed E-state index contributed by atoms with van der Waals surface area (Å²) in [7, 11) is 0. The molecular weight excluding hydrogens is 536 g/mol. The fourth-order valence-electron chi connectivity index (χ4n) is 3.69. The monoisotopic (exact) mass is 554 g/mol. The molecule has 9 nitrogen and oxygen atoms in total. The van der Waals surface area contributed by atoms with Crippen molar-refractivity contribution < 1.29 is 24.0 Å². The van der Waals surface area contributed by atoms with E-state index in [-0.39, 0.29) is 10.8 Å². The van der Waals surface area contributed by atoms with Crippen molar-refractivity contribution in [1.29, 1.82) is 0 Å². The van der Waals surface area contributed by atoms with Crippen LogP contribution in [0.25, 0.3) is 0 Å². The van der Waals surface area contributed by atoms with Gasteiger partial charge in [0.1, 0.15) is 11.5 Å². The van der Waals surface area contributed by atoms with Crippen LogP contribution in [0.2, 0.25) is 0 Å². The fourth-order valence-corrected chi connectivity index (χ4v) is 4.24. The Morgan fingerprint density at radius 3 is 2.14 bits per heavy atom. The van der Waals surface area contributed by atoms with Gasteiger partial charge in [-0.25, -0.2) is 9.69 Å². The SMILES string of the molecule is Cc1ccc(N2C(=O)[C@H](/C=C3/C(=O)NC(=O)N(c4ccc(Br)c(C)c4)C3=O)C(=O)NC2=S)cc1C. The second-order valence-corrected chi connectivity index (χ2v) is 9.37. The molecule has 2 aromatic rings. The van der Waals surface area contributed by atoms with E-state index in [2.05, 4.69) is 26.6 Å². The lowest BCUT2D eigenvalue weighted by Crippen LogP contribution is -2.59. The fraction of sp³-hybridized carbons (Fsp3) is 0.167. The largest absolute Gasteiger partial charge is 0.335 e. The highest BCUT2D eigenvalue weighted by Gasteiger charge is 2.42. The summed E-state index contributed by atoms with van der Waals surface area (Å²) >= 11 is 8.57. The molecule has 0 aromatic heterocycles. The van der Waals surface area contributed by atoms with Gasteiger partial charge in [-0.3, -0.25) is 29.4 Å². The molecule has 6 amide bonds. The number of aryl methyl sites for hydroxylation is 3. The molecule has 0 saturated carbocycles. The molecule has 0 aliphatic carbocycles. The van der Waals surface area contributed by atoms with Crippen LogP contribution >= 0.6 is 28.1 Å². The van der Waals surface area contributed by atoms with E-state index in [4.69, 9.17) is 12.2 Å². The molecule has 2 aromatic carbocycles. The first kappa shape index (κ1) is 24.4. The Balaban J connectivity index is 1.72. The number of rotatable bonds is 3. The second-order valence-electron chi connectivity index (χ2n) is 8.13. The standard InChI is InChI=1S/C24H19BrN4O5S/c1-11-4-5-15(8-12(11)2)29-22(33)17(20(31)27-24(29)35)10-16-19(30)26-23(34)28(21(16)32)14-6-7-18(25)13(3)9-14/h4-10,17H,1-3H3,(H,26,30,34)(H,27,31,35)/b16-10-/t17-/m1/s1. The number of nitrogens with one attached hydrogen (secondary N) is 2. The van der Waals surface area contributed by atoms with Crippen molar-refractivity contribution in [3.63, 3.8) is 0 Å². The van der Waals surface area contributed by atoms with E-state index in [0.717, 1.165) is 37.0 Å². The predicted octanol–water partition coefficient (Wildman–Crippen LogP) is 2.95. The summed E-state index contributed by atoms with van der Waals surface area (Å²) in [4.78, 5) is 66.2. The molecule has 0 spiro atoms. The van der Waals surface area contributed by atoms with Crippen molar-refractivity contribution >= 4 is 74.3 Å². The summed E-state index contributed by atoms with van der Waals surface area (Å²) in [6.45, 7) is 5.56. The molecular formula is C24H19BrN4O5S. The van der Waals surface area contributed by atoms with Gasteiger partial charge in [-0.05, 0) is 86.1 Å². The zero-order chi connectivity index (χ0) is 25.6. The third-order valence-corrected chi connectivity index (χ3v) is 6.96. The summed E-state index contributed by atoms with van der Waals surface area (Å²) < 4.78 is 0.768. The van der Waals surface area contributed by atoms with Gasteiger partial charge in [0.05, 0.1) is 11.4 Å². The van der Waals surface area contributed by atoms with E-state index in [0.29, 0.717) is 5.69 Å². The number of imide groups is 2. The van der Waals surface area contributed by atoms with Crippen LogP contribution in [0.15, 0.2) is 52.5 Å². The van der Waals surface area contributed by atoms with Gasteiger partial charge in [-0.15, -0.1) is 0 Å². The summed E-state index contributed by atoms with van der Waals surface area (Å²) in [5.41, 5.74) is 2.82. The van der Waals surface area contributed by atoms with Crippen LogP contribution in [0.4, 0.5) is 16.2 Å². The van der Waals surface area contributed by atoms with Crippen molar-refractivity contribution in [3.05, 3.63) is 69.2 Å². The maximum Gasteiger partial charge on any atom is 0.335 e. The number of amides is 6. The van der Waals surface area contributed by atoms with Crippen molar-refractivity contribution in [2.24, 2.45) is 5.92 Å². The molecule has 0 radical (unpaired) electrons. The van der Waals surface area contributed by atoms with E-state index in [1.807, 2.05) is 19.9 Å². The number of nitrogens with zero attached hydrogens (tertiary/aromatic N) is 2. The molecule has 2 heterocycles. The molecule has 2 aliphatic heterocycles. The van der Waals surface area contributed by atoms with Crippen LogP contribution in [0.5, 0.6) is 0 Å². The molecule has 2 aliphatic rings. The first-order chi connectivity index (χ1) is 16.5. The summed E-state index contributed by atoms with van der Waals surface area (Å²) in [5.74, 6) is -4.98. The van der Waals surface area contributed by atoms with Gasteiger partial charge < -0.3 is 5.32 Å². The molecule has 1 atom stereocenters. The summed E-state index contributed by atoms with van der Waals surface area (Å²) in [6.07, 6.45) is 0.969. The number of carbonyl (C=O) groups excluding carboxylic acids is 5. The van der Waals surface area contributed by atoms with Crippen molar-refractivity contribution in [2.45, 2.75) is 20.8 Å². The Hall–Kier alpha value is -3.70. The third kappa shape index (κ3) is 4.40. The number of barbiturate groups is 1. The maximum absolute atomic E-state index is 13.3. The quantitative estimate of drug-likeness (QED) is 0.261. The number of urea groups is 1. The normalized spacial score (nSPS) is 19.9. The van der Waals surface area contributed by atoms with Gasteiger partial charge in [-0.1, -0.05) is 22.0 Å². The lowest BCUT2D eigenvalue weighted by atomic mass is 9.98. The topological polar surface area (TPSA) is 116 Å². The average molecular weight is 555 g/mol. The Morgan fingerprint density at radius 2 is 1.49 bits per heavy atom. The van der Waals surface area contributed by atoms with E-state index in [1.165, 1.54) is 6.07 Å². The summed E-state index contributed by atoms with van der Waals surface area (Å²) in [5, 5.41) is 4.43. The number of thiocarbonyl (C=S) groups is 1. The first-order valence-corrected chi connectivity index (χ1v) is 11.6. The molecule has 0 unspecified atom stereocenters. The average Bonchev–Trinajstić information content (AvgIpc) is 2.77. The molecule has 0 bridgehead atoms. The highest BCUT2D eigenvalue weighted by molar-refractivity contribution is 9.10. The van der Waals surface area contributed by atoms with Crippen LogP contribution in [0, 0.1) is 26.7 Å². The number of benzene rings is 2. The molecule has 11 heteroatoms. The molecule has 2 saturated heterocycles. The lowest BCUT2D eigenvalue weighted by Gasteiger charge is -2.32. The van der Waals surface area contributed by atoms with Gasteiger partial charge in [-0.2, -0.15) is 0 Å². The molecule has 2 fully saturated rings. The van der Waals surface area contributed by atoms with E-state index in [9.17, 15) is 24.0 Å². The molecule has 2 N–H and O–H groups in total. The minimum atomic E-state index is -1.52. The van der Waals surface area contributed by atoms with Gasteiger partial charge in [0.15, 0.2) is 5.11 Å². The zero-order valence-corrected chi connectivity index (χ0v) is 21.2. The Bertz CT molecular complexity index is 1390. The van der Waals surface area contributed by atoms with Crippen LogP contribution in [-0.4, -0.2) is 34.8 Å². The minimum absolute atomic E-state index is 0.112. The van der Waals surface area contributed by atoms with Gasteiger partial charge in [0.2, 0.25) is 11.8 Å². The number of hydrogen-bond acceptors (Lipinski definition) is 6. The number of anilines is 2. The zero-order valence-electron chi connectivity index (χ0n) is 18.8. The molecule has 35 heavy (non-hydrogen) atoms. The van der Waals surface area contributed by atoms with Crippen LogP contribution in [0.1, 0.15) is 16.7 Å². The smallest absolute Gasteiger partial charge is 0.301 e. The van der Waals surface area contributed by atoms with Crippen molar-refractivity contribution in [2.75, 3.05) is 9.80 Å². The minimum Gasteiger partial charge on any atom is -0.301 e. The van der Waals surface area contributed by atoms with Crippen molar-refractivity contribution in [1.82, 2.24) is 10.6 Å². The van der Waals surface area contributed by atoms with Crippen LogP contribution in [-0.2, 0) is 19.2 Å². The van der Waals surface area contributed by atoms with Crippen LogP contribution in [0.3, 0.4) is 0 Å². The van der Waals surface area contributed by atoms with Gasteiger partial charge in [0, 0.05) is 4.47 Å². The number of halogens is 1. The van der Waals surface area contributed by atoms with Gasteiger partial charge >= 0.3 is 6.03 Å². The van der Waals surface area contributed by atoms with Crippen LogP contribution < -0.4 is 20.4 Å². The predicted molar refractivity (Wildman–Crippen MR) is 136 cm³/mol. The summed E-state index contributed by atoms with van der Waals surface area (Å²) in [6, 6.07) is 9.08.